The van der Waals surface area contributed by atoms with Crippen molar-refractivity contribution in [1.82, 2.24) is 0 Å². The lowest BCUT2D eigenvalue weighted by Crippen LogP contribution is -1.99. The third-order valence-corrected chi connectivity index (χ3v) is 0.827. The number of carbonyl (C=O) groups excluding carboxylic acids is 1. The Hall–Kier alpha value is 0.130. The maximum absolute atomic E-state index is 9.88. The molecule has 0 spiro atoms. The van der Waals surface area contributed by atoms with E-state index in [1.54, 1.807) is 0 Å². The predicted octanol–water partition coefficient (Wildman–Crippen LogP) is -0.00230. The van der Waals surface area contributed by atoms with Crippen molar-refractivity contribution in [1.29, 1.82) is 0 Å². The Bertz CT molecular complexity index is 120. The minimum atomic E-state index is -2.09. The van der Waals surface area contributed by atoms with Crippen LogP contribution in [0.2, 0.25) is 0 Å². The number of rotatable bonds is 2. The number of thiol groups is 2. The molecule has 0 atom stereocenters. The van der Waals surface area contributed by atoms with Gasteiger partial charge in [-0.05, 0) is 0 Å². The fourth-order valence-corrected chi connectivity index (χ4v) is 0.194. The summed E-state index contributed by atoms with van der Waals surface area (Å²) in [6, 6.07) is 0. The van der Waals surface area contributed by atoms with E-state index in [9.17, 15) is 4.79 Å². The Morgan fingerprint density at radius 2 is 2.20 bits per heavy atom. The Balaban J connectivity index is 0. The molecule has 0 aromatic heterocycles. The van der Waals surface area contributed by atoms with Gasteiger partial charge in [0.2, 0.25) is 0 Å². The summed E-state index contributed by atoms with van der Waals surface area (Å²) in [6.45, 7) is -2.09. The summed E-state index contributed by atoms with van der Waals surface area (Å²) < 4.78 is 16.8. The van der Waals surface area contributed by atoms with Gasteiger partial charge in [-0.25, -0.2) is 0 Å². The van der Waals surface area contributed by atoms with Crippen molar-refractivity contribution in [3.8, 4) is 0 Å². The molecule has 10 heavy (non-hydrogen) atoms. The maximum Gasteiger partial charge on any atom is 0.315 e. The first kappa shape index (κ1) is 8.23. The molecule has 0 aliphatic heterocycles. The van der Waals surface area contributed by atoms with Crippen LogP contribution in [-0.2, 0) is 9.53 Å². The average Bonchev–Trinajstić information content (AvgIpc) is 2.03. The van der Waals surface area contributed by atoms with Gasteiger partial charge in [-0.1, -0.05) is 0 Å². The summed E-state index contributed by atoms with van der Waals surface area (Å²) in [7, 11) is 1.33. The van der Waals surface area contributed by atoms with Crippen LogP contribution < -0.4 is 0 Å². The highest BCUT2D eigenvalue weighted by atomic mass is 32.1. The van der Waals surface area contributed by atoms with Crippen molar-refractivity contribution >= 4 is 31.2 Å². The highest BCUT2D eigenvalue weighted by Gasteiger charge is 1.88. The Morgan fingerprint density at radius 1 is 1.80 bits per heavy atom. The molecule has 0 radical (unpaired) electrons. The smallest absolute Gasteiger partial charge is 0.315 e. The zero-order valence-corrected chi connectivity index (χ0v) is 7.36. The summed E-state index contributed by atoms with van der Waals surface area (Å²) >= 11 is 7.10. The Morgan fingerprint density at radius 3 is 2.20 bits per heavy atom. The van der Waals surface area contributed by atoms with E-state index >= 15 is 0 Å². The molecule has 5 heteroatoms. The average molecular weight is 186 g/mol. The van der Waals surface area contributed by atoms with Gasteiger partial charge in [-0.3, -0.25) is 4.79 Å². The standard InChI is InChI=1S/C3H6O2S.C2H6OS/c1-5-3(4)2-6;3-1-2-4/h6H,2H2,1H3;3-4H,1-2H2/i;1D2. The second kappa shape index (κ2) is 11.9. The quantitative estimate of drug-likeness (QED) is 0.420. The van der Waals surface area contributed by atoms with Crippen molar-refractivity contribution in [2.45, 2.75) is 0 Å². The van der Waals surface area contributed by atoms with Crippen LogP contribution in [-0.4, -0.2) is 36.3 Å². The number of carbonyl (C=O) groups is 1. The lowest BCUT2D eigenvalue weighted by atomic mass is 10.8. The molecule has 0 saturated heterocycles. The lowest BCUT2D eigenvalue weighted by molar-refractivity contribution is -0.137. The van der Waals surface area contributed by atoms with Gasteiger partial charge in [0.15, 0.2) is 0 Å². The highest BCUT2D eigenvalue weighted by molar-refractivity contribution is 7.81. The third-order valence-electron chi connectivity index (χ3n) is 0.427. The van der Waals surface area contributed by atoms with Crippen molar-refractivity contribution in [2.24, 2.45) is 0 Å². The van der Waals surface area contributed by atoms with Gasteiger partial charge in [0.1, 0.15) is 0 Å². The minimum Gasteiger partial charge on any atom is -0.468 e. The number of methoxy groups -OCH3 is 1. The number of aliphatic hydroxyl groups is 1. The van der Waals surface area contributed by atoms with E-state index in [0.717, 1.165) is 0 Å². The van der Waals surface area contributed by atoms with Crippen LogP contribution in [0.1, 0.15) is 2.74 Å². The first-order chi connectivity index (χ1) is 5.37. The van der Waals surface area contributed by atoms with E-state index in [2.05, 4.69) is 30.0 Å². The molecule has 62 valence electrons. The number of hydrogen-bond acceptors (Lipinski definition) is 5. The summed E-state index contributed by atoms with van der Waals surface area (Å²) in [5.41, 5.74) is 0. The summed E-state index contributed by atoms with van der Waals surface area (Å²) in [5, 5.41) is 8.08. The first-order valence-corrected chi connectivity index (χ1v) is 3.64. The van der Waals surface area contributed by atoms with Gasteiger partial charge in [-0.2, -0.15) is 25.3 Å². The van der Waals surface area contributed by atoms with Gasteiger partial charge >= 0.3 is 5.97 Å². The van der Waals surface area contributed by atoms with Crippen molar-refractivity contribution in [2.75, 3.05) is 25.2 Å². The van der Waals surface area contributed by atoms with E-state index in [-0.39, 0.29) is 17.5 Å². The molecule has 0 saturated carbocycles. The van der Waals surface area contributed by atoms with Gasteiger partial charge in [0, 0.05) is 5.75 Å². The molecule has 0 aromatic carbocycles. The molecule has 0 bridgehead atoms. The minimum absolute atomic E-state index is 0.146. The first-order valence-electron chi connectivity index (χ1n) is 3.38. The van der Waals surface area contributed by atoms with Gasteiger partial charge < -0.3 is 9.84 Å². The molecule has 0 heterocycles. The fourth-order valence-electron chi connectivity index (χ4n) is 0.0645. The van der Waals surface area contributed by atoms with Crippen molar-refractivity contribution in [3.05, 3.63) is 0 Å². The van der Waals surface area contributed by atoms with Gasteiger partial charge in [0.25, 0.3) is 0 Å². The second-order valence-electron chi connectivity index (χ2n) is 1.05. The van der Waals surface area contributed by atoms with Crippen LogP contribution in [0.4, 0.5) is 0 Å². The number of ether oxygens (including phenoxy) is 1. The van der Waals surface area contributed by atoms with Crippen LogP contribution in [0.25, 0.3) is 0 Å². The molecule has 0 fully saturated rings. The predicted molar refractivity (Wildman–Crippen MR) is 46.8 cm³/mol. The normalized spacial score (nSPS) is 12.0. The number of esters is 1. The maximum atomic E-state index is 9.88. The SMILES string of the molecule is COC(=O)CS.[2H]C([2H])(O)CS. The van der Waals surface area contributed by atoms with Crippen LogP contribution in [0.5, 0.6) is 0 Å². The van der Waals surface area contributed by atoms with Crippen LogP contribution in [0.3, 0.4) is 0 Å². The van der Waals surface area contributed by atoms with Crippen LogP contribution in [0, 0.1) is 0 Å². The molecule has 0 unspecified atom stereocenters. The zero-order valence-electron chi connectivity index (χ0n) is 7.57. The molecule has 1 N–H and O–H groups in total. The Labute approximate surface area is 74.4 Å². The molecule has 3 nitrogen and oxygen atoms in total. The monoisotopic (exact) mass is 186 g/mol. The lowest BCUT2D eigenvalue weighted by Gasteiger charge is -1.86. The van der Waals surface area contributed by atoms with Gasteiger partial charge in [-0.15, -0.1) is 0 Å². The molecule has 0 aliphatic rings. The second-order valence-corrected chi connectivity index (χ2v) is 1.68. The van der Waals surface area contributed by atoms with E-state index in [1.165, 1.54) is 7.11 Å². The zero-order chi connectivity index (χ0) is 10.2. The molecular weight excluding hydrogens is 172 g/mol. The molecule has 0 aliphatic carbocycles. The van der Waals surface area contributed by atoms with E-state index in [0.29, 0.717) is 0 Å². The summed E-state index contributed by atoms with van der Waals surface area (Å²) in [6.07, 6.45) is 0. The largest absolute Gasteiger partial charge is 0.468 e. The third kappa shape index (κ3) is 15.7. The van der Waals surface area contributed by atoms with E-state index < -0.39 is 6.56 Å². The van der Waals surface area contributed by atoms with Crippen LogP contribution >= 0.6 is 25.3 Å². The van der Waals surface area contributed by atoms with Crippen LogP contribution in [0.15, 0.2) is 0 Å². The van der Waals surface area contributed by atoms with E-state index in [1.807, 2.05) is 0 Å². The molecule has 0 aromatic rings. The molecular formula is C5H12O3S2. The fraction of sp³-hybridized carbons (Fsp3) is 0.800. The Kier molecular flexibility index (Phi) is 9.77. The summed E-state index contributed by atoms with van der Waals surface area (Å²) in [5.74, 6) is -0.276. The van der Waals surface area contributed by atoms with Gasteiger partial charge in [0.05, 0.1) is 22.2 Å². The topological polar surface area (TPSA) is 46.5 Å². The molecule has 0 amide bonds. The number of hydrogen-bond donors (Lipinski definition) is 3. The van der Waals surface area contributed by atoms with Crippen molar-refractivity contribution < 1.29 is 17.4 Å². The van der Waals surface area contributed by atoms with Crippen molar-refractivity contribution in [3.63, 3.8) is 0 Å². The summed E-state index contributed by atoms with van der Waals surface area (Å²) in [4.78, 5) is 9.88. The molecule has 0 rings (SSSR count). The highest BCUT2D eigenvalue weighted by Crippen LogP contribution is 1.74. The van der Waals surface area contributed by atoms with E-state index in [4.69, 9.17) is 7.85 Å².